The lowest BCUT2D eigenvalue weighted by atomic mass is 9.94. The van der Waals surface area contributed by atoms with E-state index in [1.807, 2.05) is 0 Å². The molecule has 23 heavy (non-hydrogen) atoms. The minimum absolute atomic E-state index is 0.0226. The lowest BCUT2D eigenvalue weighted by Gasteiger charge is -2.15. The molecule has 0 heterocycles. The maximum absolute atomic E-state index is 12.2. The van der Waals surface area contributed by atoms with Crippen molar-refractivity contribution >= 4 is 29.0 Å². The van der Waals surface area contributed by atoms with E-state index in [9.17, 15) is 20.1 Å². The van der Waals surface area contributed by atoms with Crippen LogP contribution in [-0.4, -0.2) is 21.1 Å². The highest BCUT2D eigenvalue weighted by atomic mass is 35.5. The van der Waals surface area contributed by atoms with Crippen molar-refractivity contribution in [3.63, 3.8) is 0 Å². The summed E-state index contributed by atoms with van der Waals surface area (Å²) in [6.45, 7) is 3.30. The van der Waals surface area contributed by atoms with E-state index >= 15 is 0 Å². The minimum atomic E-state index is -0.465. The Labute approximate surface area is 143 Å². The number of aromatic hydroxyl groups is 3. The second kappa shape index (κ2) is 6.69. The second-order valence-corrected chi connectivity index (χ2v) is 6.33. The third-order valence-electron chi connectivity index (χ3n) is 3.55. The Kier molecular flexibility index (Phi) is 5.07. The van der Waals surface area contributed by atoms with Crippen molar-refractivity contribution in [1.29, 1.82) is 0 Å². The van der Waals surface area contributed by atoms with Crippen LogP contribution in [-0.2, 0) is 6.42 Å². The van der Waals surface area contributed by atoms with Crippen LogP contribution in [0.25, 0.3) is 0 Å². The summed E-state index contributed by atoms with van der Waals surface area (Å²) in [4.78, 5) is 12.2. The van der Waals surface area contributed by atoms with Gasteiger partial charge in [0.1, 0.15) is 22.8 Å². The average molecular weight is 355 g/mol. The van der Waals surface area contributed by atoms with Crippen molar-refractivity contribution in [3.05, 3.63) is 51.0 Å². The zero-order valence-corrected chi connectivity index (χ0v) is 14.1. The summed E-state index contributed by atoms with van der Waals surface area (Å²) in [6.07, 6.45) is 0.0226. The molecule has 2 aromatic carbocycles. The van der Waals surface area contributed by atoms with E-state index in [4.69, 9.17) is 23.2 Å². The van der Waals surface area contributed by atoms with Gasteiger partial charge in [-0.25, -0.2) is 0 Å². The molecule has 0 radical (unpaired) electrons. The van der Waals surface area contributed by atoms with Crippen LogP contribution in [0.3, 0.4) is 0 Å². The van der Waals surface area contributed by atoms with Gasteiger partial charge in [0.05, 0.1) is 0 Å². The van der Waals surface area contributed by atoms with E-state index in [-0.39, 0.29) is 23.3 Å². The SMILES string of the molecule is CC(C)C(=O)c1c(O)cc(O)c(Cc2c(Cl)cccc2Cl)c1O. The molecule has 0 unspecified atom stereocenters. The van der Waals surface area contributed by atoms with Crippen molar-refractivity contribution in [3.8, 4) is 17.2 Å². The normalized spacial score (nSPS) is 11.0. The number of phenolic OH excluding ortho intramolecular Hbond substituents is 3. The maximum atomic E-state index is 12.2. The van der Waals surface area contributed by atoms with Gasteiger partial charge in [-0.15, -0.1) is 0 Å². The lowest BCUT2D eigenvalue weighted by Crippen LogP contribution is -2.09. The van der Waals surface area contributed by atoms with E-state index in [0.717, 1.165) is 6.07 Å². The van der Waals surface area contributed by atoms with Gasteiger partial charge in [-0.3, -0.25) is 4.79 Å². The highest BCUT2D eigenvalue weighted by molar-refractivity contribution is 6.36. The summed E-state index contributed by atoms with van der Waals surface area (Å²) in [5.74, 6) is -2.11. The van der Waals surface area contributed by atoms with Crippen molar-refractivity contribution in [2.45, 2.75) is 20.3 Å². The number of hydrogen-bond donors (Lipinski definition) is 3. The smallest absolute Gasteiger partial charge is 0.172 e. The first-order valence-corrected chi connectivity index (χ1v) is 7.73. The summed E-state index contributed by atoms with van der Waals surface area (Å²) in [5.41, 5.74) is 0.382. The first-order valence-electron chi connectivity index (χ1n) is 6.97. The van der Waals surface area contributed by atoms with Crippen LogP contribution >= 0.6 is 23.2 Å². The molecule has 0 aromatic heterocycles. The van der Waals surface area contributed by atoms with E-state index in [1.165, 1.54) is 0 Å². The van der Waals surface area contributed by atoms with Crippen LogP contribution in [0.1, 0.15) is 35.3 Å². The molecule has 0 atom stereocenters. The molecule has 0 aliphatic carbocycles. The summed E-state index contributed by atoms with van der Waals surface area (Å²) >= 11 is 12.2. The Morgan fingerprint density at radius 1 is 1.04 bits per heavy atom. The Morgan fingerprint density at radius 3 is 2.13 bits per heavy atom. The molecule has 0 saturated heterocycles. The van der Waals surface area contributed by atoms with Gasteiger partial charge in [0.15, 0.2) is 5.78 Å². The van der Waals surface area contributed by atoms with Crippen LogP contribution in [0.15, 0.2) is 24.3 Å². The van der Waals surface area contributed by atoms with E-state index in [2.05, 4.69) is 0 Å². The van der Waals surface area contributed by atoms with Crippen LogP contribution in [0, 0.1) is 5.92 Å². The number of benzene rings is 2. The fourth-order valence-corrected chi connectivity index (χ4v) is 2.80. The molecule has 122 valence electrons. The van der Waals surface area contributed by atoms with Gasteiger partial charge in [0.2, 0.25) is 0 Å². The summed E-state index contributed by atoms with van der Waals surface area (Å²) < 4.78 is 0. The summed E-state index contributed by atoms with van der Waals surface area (Å²) in [7, 11) is 0. The third kappa shape index (κ3) is 3.38. The molecule has 0 spiro atoms. The number of carbonyl (C=O) groups excluding carboxylic acids is 1. The second-order valence-electron chi connectivity index (χ2n) is 5.51. The van der Waals surface area contributed by atoms with E-state index in [1.54, 1.807) is 32.0 Å². The fraction of sp³-hybridized carbons (Fsp3) is 0.235. The maximum Gasteiger partial charge on any atom is 0.172 e. The number of halogens is 2. The molecule has 0 bridgehead atoms. The predicted molar refractivity (Wildman–Crippen MR) is 89.9 cm³/mol. The van der Waals surface area contributed by atoms with Gasteiger partial charge in [-0.05, 0) is 17.7 Å². The first kappa shape index (κ1) is 17.4. The number of ketones is 1. The molecule has 0 amide bonds. The fourth-order valence-electron chi connectivity index (χ4n) is 2.27. The molecule has 3 N–H and O–H groups in total. The number of carbonyl (C=O) groups is 1. The van der Waals surface area contributed by atoms with Gasteiger partial charge >= 0.3 is 0 Å². The minimum Gasteiger partial charge on any atom is -0.507 e. The molecule has 0 aliphatic heterocycles. The highest BCUT2D eigenvalue weighted by Crippen LogP contribution is 2.41. The summed E-state index contributed by atoms with van der Waals surface area (Å²) in [6, 6.07) is 5.99. The molecule has 0 saturated carbocycles. The molecule has 2 rings (SSSR count). The number of rotatable bonds is 4. The molecule has 6 heteroatoms. The van der Waals surface area contributed by atoms with Gasteiger partial charge in [-0.2, -0.15) is 0 Å². The quantitative estimate of drug-likeness (QED) is 0.704. The van der Waals surface area contributed by atoms with Crippen LogP contribution < -0.4 is 0 Å². The average Bonchev–Trinajstić information content (AvgIpc) is 2.45. The summed E-state index contributed by atoms with van der Waals surface area (Å²) in [5, 5.41) is 31.1. The molecule has 2 aromatic rings. The van der Waals surface area contributed by atoms with E-state index < -0.39 is 23.2 Å². The Bertz CT molecular complexity index is 749. The van der Waals surface area contributed by atoms with Gasteiger partial charge in [0, 0.05) is 34.0 Å². The van der Waals surface area contributed by atoms with Crippen molar-refractivity contribution < 1.29 is 20.1 Å². The Balaban J connectivity index is 2.60. The number of hydrogen-bond acceptors (Lipinski definition) is 4. The third-order valence-corrected chi connectivity index (χ3v) is 4.26. The zero-order chi connectivity index (χ0) is 17.3. The largest absolute Gasteiger partial charge is 0.507 e. The van der Waals surface area contributed by atoms with Gasteiger partial charge < -0.3 is 15.3 Å². The molecular formula is C17H16Cl2O4. The predicted octanol–water partition coefficient (Wildman–Crippen LogP) is 4.54. The molecule has 4 nitrogen and oxygen atoms in total. The van der Waals surface area contributed by atoms with Crippen LogP contribution in [0.5, 0.6) is 17.2 Å². The standard InChI is InChI=1S/C17H16Cl2O4/c1-8(2)16(22)15-14(21)7-13(20)10(17(15)23)6-9-11(18)4-3-5-12(9)19/h3-5,7-8,20-21,23H,6H2,1-2H3. The van der Waals surface area contributed by atoms with Gasteiger partial charge in [0.25, 0.3) is 0 Å². The zero-order valence-electron chi connectivity index (χ0n) is 12.6. The number of phenols is 3. The lowest BCUT2D eigenvalue weighted by molar-refractivity contribution is 0.0933. The molecular weight excluding hydrogens is 339 g/mol. The van der Waals surface area contributed by atoms with Crippen LogP contribution in [0.2, 0.25) is 10.0 Å². The van der Waals surface area contributed by atoms with E-state index in [0.29, 0.717) is 15.6 Å². The Morgan fingerprint density at radius 2 is 1.61 bits per heavy atom. The van der Waals surface area contributed by atoms with Crippen molar-refractivity contribution in [1.82, 2.24) is 0 Å². The monoisotopic (exact) mass is 354 g/mol. The van der Waals surface area contributed by atoms with Crippen molar-refractivity contribution in [2.24, 2.45) is 5.92 Å². The first-order chi connectivity index (χ1) is 10.7. The molecule has 0 fully saturated rings. The molecule has 0 aliphatic rings. The highest BCUT2D eigenvalue weighted by Gasteiger charge is 2.25. The topological polar surface area (TPSA) is 77.8 Å². The van der Waals surface area contributed by atoms with Crippen LogP contribution in [0.4, 0.5) is 0 Å². The van der Waals surface area contributed by atoms with Crippen molar-refractivity contribution in [2.75, 3.05) is 0 Å². The Hall–Kier alpha value is -1.91. The number of Topliss-reactive ketones (excluding diaryl/α,β-unsaturated/α-hetero) is 1. The van der Waals surface area contributed by atoms with Gasteiger partial charge in [-0.1, -0.05) is 43.1 Å².